The molecule has 3 aromatic carbocycles. The number of sulfonamides is 1. The Hall–Kier alpha value is -3.85. The summed E-state index contributed by atoms with van der Waals surface area (Å²) in [4.78, 5) is 12.5. The number of methoxy groups -OCH3 is 2. The molecule has 0 saturated heterocycles. The summed E-state index contributed by atoms with van der Waals surface area (Å²) in [5.74, 6) is 0.757. The van der Waals surface area contributed by atoms with Crippen LogP contribution < -0.4 is 19.6 Å². The number of nitrogens with one attached hydrogen (secondary N) is 2. The van der Waals surface area contributed by atoms with Crippen molar-refractivity contribution in [1.82, 2.24) is 5.43 Å². The van der Waals surface area contributed by atoms with Crippen molar-refractivity contribution < 1.29 is 22.7 Å². The number of aryl methyl sites for hydroxylation is 1. The summed E-state index contributed by atoms with van der Waals surface area (Å²) in [6, 6.07) is 17.8. The fourth-order valence-corrected chi connectivity index (χ4v) is 3.85. The average Bonchev–Trinajstić information content (AvgIpc) is 2.79. The lowest BCUT2D eigenvalue weighted by Crippen LogP contribution is -2.18. The zero-order chi connectivity index (χ0) is 23.1. The zero-order valence-electron chi connectivity index (χ0n) is 17.8. The highest BCUT2D eigenvalue weighted by atomic mass is 32.2. The lowest BCUT2D eigenvalue weighted by molar-refractivity contribution is 0.0955. The Balaban J connectivity index is 1.65. The third-order valence-electron chi connectivity index (χ3n) is 4.54. The molecular weight excluding hydrogens is 430 g/mol. The minimum absolute atomic E-state index is 0.159. The van der Waals surface area contributed by atoms with Crippen LogP contribution in [0.25, 0.3) is 0 Å². The van der Waals surface area contributed by atoms with Gasteiger partial charge < -0.3 is 9.47 Å². The van der Waals surface area contributed by atoms with Gasteiger partial charge in [0.15, 0.2) is 0 Å². The number of carbonyl (C=O) groups excluding carboxylic acids is 1. The monoisotopic (exact) mass is 453 g/mol. The lowest BCUT2D eigenvalue weighted by Gasteiger charge is -2.09. The smallest absolute Gasteiger partial charge is 0.271 e. The average molecular weight is 454 g/mol. The van der Waals surface area contributed by atoms with Crippen molar-refractivity contribution in [2.75, 3.05) is 18.9 Å². The number of benzene rings is 3. The number of hydrazone groups is 1. The van der Waals surface area contributed by atoms with E-state index in [1.54, 1.807) is 37.4 Å². The molecule has 9 heteroatoms. The van der Waals surface area contributed by atoms with Gasteiger partial charge in [-0.1, -0.05) is 17.7 Å². The second-order valence-electron chi connectivity index (χ2n) is 6.80. The first-order valence-electron chi connectivity index (χ1n) is 9.57. The van der Waals surface area contributed by atoms with E-state index in [0.717, 1.165) is 5.56 Å². The molecule has 1 amide bonds. The fourth-order valence-electron chi connectivity index (χ4n) is 2.79. The Morgan fingerprint density at radius 2 is 1.62 bits per heavy atom. The third kappa shape index (κ3) is 5.64. The first-order valence-corrected chi connectivity index (χ1v) is 11.1. The molecular formula is C23H23N3O5S. The quantitative estimate of drug-likeness (QED) is 0.401. The van der Waals surface area contributed by atoms with Crippen molar-refractivity contribution >= 4 is 27.8 Å². The predicted octanol–water partition coefficient (Wildman–Crippen LogP) is 3.58. The van der Waals surface area contributed by atoms with Crippen LogP contribution in [0.4, 0.5) is 5.69 Å². The van der Waals surface area contributed by atoms with Crippen molar-refractivity contribution in [2.24, 2.45) is 5.10 Å². The molecule has 0 fully saturated rings. The summed E-state index contributed by atoms with van der Waals surface area (Å²) >= 11 is 0. The summed E-state index contributed by atoms with van der Waals surface area (Å²) in [7, 11) is -0.632. The molecule has 0 atom stereocenters. The largest absolute Gasteiger partial charge is 0.497 e. The van der Waals surface area contributed by atoms with E-state index in [1.807, 2.05) is 6.92 Å². The molecule has 0 aliphatic rings. The van der Waals surface area contributed by atoms with Gasteiger partial charge in [0.1, 0.15) is 11.5 Å². The maximum atomic E-state index is 12.5. The van der Waals surface area contributed by atoms with Crippen molar-refractivity contribution in [2.45, 2.75) is 11.8 Å². The van der Waals surface area contributed by atoms with E-state index in [-0.39, 0.29) is 4.90 Å². The minimum atomic E-state index is -3.72. The molecule has 0 heterocycles. The van der Waals surface area contributed by atoms with Crippen molar-refractivity contribution in [3.63, 3.8) is 0 Å². The summed E-state index contributed by atoms with van der Waals surface area (Å²) in [5, 5.41) is 3.96. The standard InChI is InChI=1S/C23H23N3O5S/c1-16-4-11-21(12-5-16)32(28,29)26-19-8-6-17(7-9-19)23(27)25-24-15-18-14-20(30-2)10-13-22(18)31-3/h4-15,26H,1-3H3,(H,25,27)/b24-15-. The Labute approximate surface area is 186 Å². The number of rotatable bonds is 8. The molecule has 8 nitrogen and oxygen atoms in total. The molecule has 0 bridgehead atoms. The highest BCUT2D eigenvalue weighted by molar-refractivity contribution is 7.92. The third-order valence-corrected chi connectivity index (χ3v) is 5.93. The van der Waals surface area contributed by atoms with Crippen LogP contribution in [0.3, 0.4) is 0 Å². The van der Waals surface area contributed by atoms with Crippen LogP contribution in [0.2, 0.25) is 0 Å². The maximum absolute atomic E-state index is 12.5. The normalized spacial score (nSPS) is 11.2. The summed E-state index contributed by atoms with van der Waals surface area (Å²) in [6.45, 7) is 1.88. The second kappa shape index (κ2) is 9.97. The van der Waals surface area contributed by atoms with Crippen LogP contribution in [0.15, 0.2) is 76.7 Å². The zero-order valence-corrected chi connectivity index (χ0v) is 18.6. The number of anilines is 1. The number of ether oxygens (including phenoxy) is 2. The highest BCUT2D eigenvalue weighted by Gasteiger charge is 2.14. The summed E-state index contributed by atoms with van der Waals surface area (Å²) in [6.07, 6.45) is 1.45. The van der Waals surface area contributed by atoms with Gasteiger partial charge in [0, 0.05) is 16.8 Å². The van der Waals surface area contributed by atoms with Crippen molar-refractivity contribution in [1.29, 1.82) is 0 Å². The summed E-state index contributed by atoms with van der Waals surface area (Å²) < 4.78 is 37.9. The molecule has 0 saturated carbocycles. The van der Waals surface area contributed by atoms with E-state index in [2.05, 4.69) is 15.2 Å². The van der Waals surface area contributed by atoms with E-state index in [4.69, 9.17) is 9.47 Å². The van der Waals surface area contributed by atoms with Crippen molar-refractivity contribution in [3.05, 3.63) is 83.4 Å². The van der Waals surface area contributed by atoms with Gasteiger partial charge in [0.2, 0.25) is 0 Å². The van der Waals surface area contributed by atoms with E-state index < -0.39 is 15.9 Å². The maximum Gasteiger partial charge on any atom is 0.271 e. The van der Waals surface area contributed by atoms with Gasteiger partial charge in [-0.3, -0.25) is 9.52 Å². The number of carbonyl (C=O) groups is 1. The molecule has 0 aliphatic carbocycles. The molecule has 32 heavy (non-hydrogen) atoms. The van der Waals surface area contributed by atoms with Gasteiger partial charge in [-0.05, 0) is 61.5 Å². The number of hydrogen-bond acceptors (Lipinski definition) is 6. The molecule has 0 spiro atoms. The SMILES string of the molecule is COc1ccc(OC)c(/C=N\NC(=O)c2ccc(NS(=O)(=O)c3ccc(C)cc3)cc2)c1. The Morgan fingerprint density at radius 1 is 0.938 bits per heavy atom. The molecule has 3 aromatic rings. The number of nitrogens with zero attached hydrogens (tertiary/aromatic N) is 1. The van der Waals surface area contributed by atoms with E-state index >= 15 is 0 Å². The Bertz CT molecular complexity index is 1220. The van der Waals surface area contributed by atoms with Gasteiger partial charge in [-0.15, -0.1) is 0 Å². The fraction of sp³-hybridized carbons (Fsp3) is 0.130. The Kier molecular flexibility index (Phi) is 7.11. The van der Waals surface area contributed by atoms with Crippen LogP contribution in [-0.2, 0) is 10.0 Å². The van der Waals surface area contributed by atoms with E-state index in [1.165, 1.54) is 49.7 Å². The van der Waals surface area contributed by atoms with Gasteiger partial charge in [-0.2, -0.15) is 5.10 Å². The van der Waals surface area contributed by atoms with Crippen LogP contribution in [0.1, 0.15) is 21.5 Å². The Morgan fingerprint density at radius 3 is 2.25 bits per heavy atom. The van der Waals surface area contributed by atoms with Crippen LogP contribution in [0.5, 0.6) is 11.5 Å². The highest BCUT2D eigenvalue weighted by Crippen LogP contribution is 2.22. The topological polar surface area (TPSA) is 106 Å². The number of hydrogen-bond donors (Lipinski definition) is 2. The lowest BCUT2D eigenvalue weighted by atomic mass is 10.2. The first-order chi connectivity index (χ1) is 15.3. The molecule has 2 N–H and O–H groups in total. The molecule has 0 aliphatic heterocycles. The van der Waals surface area contributed by atoms with Gasteiger partial charge in [0.05, 0.1) is 25.3 Å². The van der Waals surface area contributed by atoms with Crippen LogP contribution in [0, 0.1) is 6.92 Å². The summed E-state index contributed by atoms with van der Waals surface area (Å²) in [5.41, 5.74) is 4.68. The van der Waals surface area contributed by atoms with Gasteiger partial charge in [0.25, 0.3) is 15.9 Å². The van der Waals surface area contributed by atoms with Crippen molar-refractivity contribution in [3.8, 4) is 11.5 Å². The van der Waals surface area contributed by atoms with Crippen LogP contribution in [-0.4, -0.2) is 34.8 Å². The minimum Gasteiger partial charge on any atom is -0.497 e. The second-order valence-corrected chi connectivity index (χ2v) is 8.49. The first kappa shape index (κ1) is 22.8. The molecule has 0 radical (unpaired) electrons. The molecule has 166 valence electrons. The predicted molar refractivity (Wildman–Crippen MR) is 123 cm³/mol. The molecule has 0 aromatic heterocycles. The van der Waals surface area contributed by atoms with Crippen LogP contribution >= 0.6 is 0 Å². The molecule has 3 rings (SSSR count). The van der Waals surface area contributed by atoms with E-state index in [0.29, 0.717) is 28.3 Å². The van der Waals surface area contributed by atoms with Gasteiger partial charge >= 0.3 is 0 Å². The van der Waals surface area contributed by atoms with Gasteiger partial charge in [-0.25, -0.2) is 13.8 Å². The number of amides is 1. The van der Waals surface area contributed by atoms with E-state index in [9.17, 15) is 13.2 Å². The molecule has 0 unspecified atom stereocenters.